The van der Waals surface area contributed by atoms with E-state index in [1.807, 2.05) is 0 Å². The highest BCUT2D eigenvalue weighted by Crippen LogP contribution is 2.39. The van der Waals surface area contributed by atoms with Crippen LogP contribution in [0.1, 0.15) is 59.4 Å². The molecule has 0 saturated carbocycles. The Hall–Kier alpha value is -1.83. The maximum absolute atomic E-state index is 3.46. The highest BCUT2D eigenvalue weighted by atomic mass is 31.0. The van der Waals surface area contributed by atoms with Crippen LogP contribution in [0.15, 0.2) is 70.9 Å². The summed E-state index contributed by atoms with van der Waals surface area (Å²) >= 11 is 0. The van der Waals surface area contributed by atoms with Crippen molar-refractivity contribution in [2.75, 3.05) is 0 Å². The fourth-order valence-electron chi connectivity index (χ4n) is 3.51. The molecule has 0 saturated heterocycles. The Morgan fingerprint density at radius 3 is 2.67 bits per heavy atom. The Bertz CT molecular complexity index is 848. The van der Waals surface area contributed by atoms with Gasteiger partial charge in [-0.2, -0.15) is 0 Å². The van der Waals surface area contributed by atoms with E-state index in [-0.39, 0.29) is 5.41 Å². The van der Waals surface area contributed by atoms with Crippen molar-refractivity contribution in [3.8, 4) is 11.8 Å². The molecular weight excluding hydrogens is 343 g/mol. The van der Waals surface area contributed by atoms with Crippen LogP contribution in [-0.2, 0) is 6.42 Å². The lowest BCUT2D eigenvalue weighted by Gasteiger charge is -2.31. The summed E-state index contributed by atoms with van der Waals surface area (Å²) in [5.41, 5.74) is 6.77. The van der Waals surface area contributed by atoms with E-state index in [0.717, 1.165) is 12.0 Å². The number of hydrogen-bond donors (Lipinski definition) is 0. The van der Waals surface area contributed by atoms with Crippen molar-refractivity contribution >= 4 is 14.5 Å². The van der Waals surface area contributed by atoms with Gasteiger partial charge in [0.2, 0.25) is 0 Å². The predicted molar refractivity (Wildman–Crippen MR) is 124 cm³/mol. The van der Waals surface area contributed by atoms with Crippen LogP contribution in [0.25, 0.3) is 0 Å². The molecule has 142 valence electrons. The molecule has 27 heavy (non-hydrogen) atoms. The molecule has 0 nitrogen and oxygen atoms in total. The van der Waals surface area contributed by atoms with Gasteiger partial charge in [0.05, 0.1) is 0 Å². The van der Waals surface area contributed by atoms with E-state index in [2.05, 4.69) is 104 Å². The molecule has 0 N–H and O–H groups in total. The van der Waals surface area contributed by atoms with Crippen molar-refractivity contribution in [3.63, 3.8) is 0 Å². The molecule has 0 fully saturated rings. The second kappa shape index (κ2) is 9.92. The molecule has 1 aromatic carbocycles. The number of hydrogen-bond acceptors (Lipinski definition) is 0. The first-order valence-corrected chi connectivity index (χ1v) is 10.4. The summed E-state index contributed by atoms with van der Waals surface area (Å²) in [4.78, 5) is 0. The molecule has 0 heterocycles. The van der Waals surface area contributed by atoms with Crippen LogP contribution in [0.2, 0.25) is 0 Å². The van der Waals surface area contributed by atoms with Gasteiger partial charge in [0.25, 0.3) is 0 Å². The molecule has 0 amide bonds. The zero-order valence-electron chi connectivity index (χ0n) is 17.5. The normalized spacial score (nSPS) is 17.9. The first-order chi connectivity index (χ1) is 12.8. The molecule has 0 radical (unpaired) electrons. The minimum absolute atomic E-state index is 0.221. The molecule has 0 aromatic heterocycles. The van der Waals surface area contributed by atoms with E-state index in [4.69, 9.17) is 0 Å². The summed E-state index contributed by atoms with van der Waals surface area (Å²) in [5.74, 6) is 6.82. The van der Waals surface area contributed by atoms with Gasteiger partial charge in [-0.3, -0.25) is 0 Å². The number of rotatable bonds is 4. The Morgan fingerprint density at radius 2 is 1.96 bits per heavy atom. The standard InChI is InChI=1S/C26H33P/c1-20(15-17-23-13-6-7-14-25(23)27)10-8-11-21(2)16-18-24-22(3)12-9-19-26(24,4)5/h6-8,10-11,13-15H,9,12,17,19,27H2,1-5H3. The van der Waals surface area contributed by atoms with Gasteiger partial charge < -0.3 is 0 Å². The van der Waals surface area contributed by atoms with E-state index < -0.39 is 0 Å². The fourth-order valence-corrected chi connectivity index (χ4v) is 3.83. The van der Waals surface area contributed by atoms with E-state index in [1.165, 1.54) is 46.8 Å². The summed E-state index contributed by atoms with van der Waals surface area (Å²) in [7, 11) is 2.81. The summed E-state index contributed by atoms with van der Waals surface area (Å²) in [5, 5.41) is 1.27. The third-order valence-corrected chi connectivity index (χ3v) is 5.81. The lowest BCUT2D eigenvalue weighted by Crippen LogP contribution is -2.19. The SMILES string of the molecule is CC(C#CC1=C(C)CCCC1(C)C)=CC=CC(C)=CCc1ccccc1P. The van der Waals surface area contributed by atoms with Crippen LogP contribution in [0, 0.1) is 17.3 Å². The van der Waals surface area contributed by atoms with Gasteiger partial charge in [-0.05, 0) is 68.3 Å². The molecule has 1 unspecified atom stereocenters. The van der Waals surface area contributed by atoms with Crippen LogP contribution >= 0.6 is 9.24 Å². The number of allylic oxidation sites excluding steroid dienone is 8. The average Bonchev–Trinajstić information content (AvgIpc) is 2.60. The van der Waals surface area contributed by atoms with Gasteiger partial charge in [-0.1, -0.05) is 85.4 Å². The molecule has 1 aromatic rings. The first kappa shape index (κ1) is 21.5. The molecule has 1 heteroatoms. The van der Waals surface area contributed by atoms with Crippen molar-refractivity contribution in [2.45, 2.75) is 60.3 Å². The molecule has 1 aliphatic rings. The van der Waals surface area contributed by atoms with Crippen LogP contribution in [0.3, 0.4) is 0 Å². The van der Waals surface area contributed by atoms with Gasteiger partial charge in [0, 0.05) is 5.57 Å². The highest BCUT2D eigenvalue weighted by Gasteiger charge is 2.27. The largest absolute Gasteiger partial charge is 0.105 e. The molecule has 1 atom stereocenters. The van der Waals surface area contributed by atoms with Crippen molar-refractivity contribution in [1.82, 2.24) is 0 Å². The first-order valence-electron chi connectivity index (χ1n) is 9.87. The van der Waals surface area contributed by atoms with Gasteiger partial charge in [0.15, 0.2) is 0 Å². The zero-order valence-corrected chi connectivity index (χ0v) is 18.7. The maximum atomic E-state index is 3.46. The Balaban J connectivity index is 2.01. The third kappa shape index (κ3) is 6.68. The quantitative estimate of drug-likeness (QED) is 0.311. The van der Waals surface area contributed by atoms with Crippen LogP contribution in [0.5, 0.6) is 0 Å². The maximum Gasteiger partial charge on any atom is 0.00695 e. The Morgan fingerprint density at radius 1 is 1.22 bits per heavy atom. The molecule has 0 spiro atoms. The van der Waals surface area contributed by atoms with E-state index >= 15 is 0 Å². The number of benzene rings is 1. The highest BCUT2D eigenvalue weighted by molar-refractivity contribution is 7.27. The molecule has 0 bridgehead atoms. The zero-order chi connectivity index (χ0) is 19.9. The Labute approximate surface area is 168 Å². The van der Waals surface area contributed by atoms with Crippen molar-refractivity contribution in [1.29, 1.82) is 0 Å². The lowest BCUT2D eigenvalue weighted by atomic mass is 9.73. The van der Waals surface area contributed by atoms with Crippen LogP contribution in [0.4, 0.5) is 0 Å². The van der Waals surface area contributed by atoms with E-state index in [1.54, 1.807) is 0 Å². The topological polar surface area (TPSA) is 0 Å². The summed E-state index contributed by atoms with van der Waals surface area (Å²) in [6.45, 7) is 11.1. The summed E-state index contributed by atoms with van der Waals surface area (Å²) < 4.78 is 0. The summed E-state index contributed by atoms with van der Waals surface area (Å²) in [6.07, 6.45) is 13.3. The molecule has 2 rings (SSSR count). The van der Waals surface area contributed by atoms with Crippen LogP contribution in [-0.4, -0.2) is 0 Å². The fraction of sp³-hybridized carbons (Fsp3) is 0.385. The predicted octanol–water partition coefficient (Wildman–Crippen LogP) is 6.71. The van der Waals surface area contributed by atoms with Crippen LogP contribution < -0.4 is 5.30 Å². The van der Waals surface area contributed by atoms with Gasteiger partial charge >= 0.3 is 0 Å². The van der Waals surface area contributed by atoms with Gasteiger partial charge in [-0.15, -0.1) is 9.24 Å². The monoisotopic (exact) mass is 376 g/mol. The smallest absolute Gasteiger partial charge is 0.00695 e. The van der Waals surface area contributed by atoms with Crippen molar-refractivity contribution < 1.29 is 0 Å². The summed E-state index contributed by atoms with van der Waals surface area (Å²) in [6, 6.07) is 8.48. The third-order valence-electron chi connectivity index (χ3n) is 5.25. The molecule has 0 aliphatic heterocycles. The lowest BCUT2D eigenvalue weighted by molar-refractivity contribution is 0.380. The van der Waals surface area contributed by atoms with E-state index in [9.17, 15) is 0 Å². The van der Waals surface area contributed by atoms with Crippen molar-refractivity contribution in [2.24, 2.45) is 5.41 Å². The second-order valence-corrected chi connectivity index (χ2v) is 8.82. The second-order valence-electron chi connectivity index (χ2n) is 8.20. The minimum Gasteiger partial charge on any atom is -0.105 e. The van der Waals surface area contributed by atoms with Gasteiger partial charge in [-0.25, -0.2) is 0 Å². The van der Waals surface area contributed by atoms with E-state index in [0.29, 0.717) is 0 Å². The average molecular weight is 377 g/mol. The van der Waals surface area contributed by atoms with Gasteiger partial charge in [0.1, 0.15) is 0 Å². The van der Waals surface area contributed by atoms with Crippen molar-refractivity contribution in [3.05, 3.63) is 76.4 Å². The minimum atomic E-state index is 0.221. The Kier molecular flexibility index (Phi) is 7.89. The molecule has 1 aliphatic carbocycles. The molecular formula is C26H33P.